The first-order chi connectivity index (χ1) is 11.5. The van der Waals surface area contributed by atoms with Crippen LogP contribution >= 0.6 is 0 Å². The molecule has 0 aliphatic carbocycles. The van der Waals surface area contributed by atoms with Crippen LogP contribution in [0.1, 0.15) is 11.1 Å². The van der Waals surface area contributed by atoms with E-state index < -0.39 is 29.2 Å². The van der Waals surface area contributed by atoms with Gasteiger partial charge in [-0.3, -0.25) is 19.1 Å². The molecular formula is C16H15N3O5. The Morgan fingerprint density at radius 2 is 1.88 bits per heavy atom. The summed E-state index contributed by atoms with van der Waals surface area (Å²) < 4.78 is 1.04. The number of hydrogen-bond acceptors (Lipinski definition) is 4. The van der Waals surface area contributed by atoms with Gasteiger partial charge < -0.3 is 10.0 Å². The first-order valence-electron chi connectivity index (χ1n) is 7.34. The van der Waals surface area contributed by atoms with Gasteiger partial charge in [-0.1, -0.05) is 24.3 Å². The van der Waals surface area contributed by atoms with E-state index in [4.69, 9.17) is 0 Å². The number of aliphatic carboxylic acids is 1. The van der Waals surface area contributed by atoms with Crippen molar-refractivity contribution in [2.45, 2.75) is 25.6 Å². The predicted molar refractivity (Wildman–Crippen MR) is 83.4 cm³/mol. The van der Waals surface area contributed by atoms with Crippen molar-refractivity contribution in [3.63, 3.8) is 0 Å². The highest BCUT2D eigenvalue weighted by Gasteiger charge is 2.34. The third-order valence-corrected chi connectivity index (χ3v) is 4.06. The fraction of sp³-hybridized carbons (Fsp3) is 0.250. The number of nitrogens with zero attached hydrogens (tertiary/aromatic N) is 2. The highest BCUT2D eigenvalue weighted by Crippen LogP contribution is 2.23. The van der Waals surface area contributed by atoms with Crippen LogP contribution in [0.25, 0.3) is 0 Å². The van der Waals surface area contributed by atoms with Crippen molar-refractivity contribution in [1.29, 1.82) is 0 Å². The molecule has 24 heavy (non-hydrogen) atoms. The van der Waals surface area contributed by atoms with Gasteiger partial charge in [0.15, 0.2) is 0 Å². The minimum atomic E-state index is -1.09. The van der Waals surface area contributed by atoms with E-state index in [0.717, 1.165) is 21.8 Å². The average Bonchev–Trinajstić information content (AvgIpc) is 2.56. The van der Waals surface area contributed by atoms with Crippen molar-refractivity contribution in [3.8, 4) is 0 Å². The molecule has 8 heteroatoms. The largest absolute Gasteiger partial charge is 0.480 e. The molecule has 0 saturated heterocycles. The highest BCUT2D eigenvalue weighted by atomic mass is 16.4. The smallest absolute Gasteiger partial charge is 0.328 e. The van der Waals surface area contributed by atoms with Crippen molar-refractivity contribution in [1.82, 2.24) is 14.5 Å². The van der Waals surface area contributed by atoms with Gasteiger partial charge in [0, 0.05) is 25.2 Å². The lowest BCUT2D eigenvalue weighted by Crippen LogP contribution is -2.50. The summed E-state index contributed by atoms with van der Waals surface area (Å²) >= 11 is 0. The van der Waals surface area contributed by atoms with Crippen LogP contribution in [-0.4, -0.2) is 37.5 Å². The van der Waals surface area contributed by atoms with E-state index in [1.165, 1.54) is 11.1 Å². The van der Waals surface area contributed by atoms with Gasteiger partial charge in [-0.15, -0.1) is 0 Å². The molecule has 0 spiro atoms. The van der Waals surface area contributed by atoms with Gasteiger partial charge in [0.2, 0.25) is 5.91 Å². The van der Waals surface area contributed by atoms with E-state index >= 15 is 0 Å². The number of carboxylic acid groups (broad SMARTS) is 1. The number of aromatic nitrogens is 2. The van der Waals surface area contributed by atoms with Crippen LogP contribution in [0.2, 0.25) is 0 Å². The second kappa shape index (κ2) is 6.15. The zero-order valence-electron chi connectivity index (χ0n) is 12.6. The van der Waals surface area contributed by atoms with E-state index in [1.807, 2.05) is 24.3 Å². The van der Waals surface area contributed by atoms with Gasteiger partial charge >= 0.3 is 11.7 Å². The summed E-state index contributed by atoms with van der Waals surface area (Å²) in [6, 6.07) is 7.50. The lowest BCUT2D eigenvalue weighted by atomic mass is 9.94. The van der Waals surface area contributed by atoms with E-state index in [9.17, 15) is 24.3 Å². The molecule has 1 aromatic heterocycles. The number of carbonyl (C=O) groups is 2. The van der Waals surface area contributed by atoms with Crippen molar-refractivity contribution in [2.75, 3.05) is 0 Å². The molecule has 1 amide bonds. The number of H-pyrrole nitrogens is 1. The molecule has 0 saturated carbocycles. The molecule has 2 aromatic rings. The van der Waals surface area contributed by atoms with Crippen LogP contribution < -0.4 is 11.2 Å². The normalized spacial score (nSPS) is 16.5. The molecule has 1 aromatic carbocycles. The Morgan fingerprint density at radius 1 is 1.17 bits per heavy atom. The molecule has 0 bridgehead atoms. The van der Waals surface area contributed by atoms with E-state index in [1.54, 1.807) is 0 Å². The number of hydrogen-bond donors (Lipinski definition) is 2. The number of nitrogens with one attached hydrogen (secondary N) is 1. The molecule has 1 unspecified atom stereocenters. The second-order valence-electron chi connectivity index (χ2n) is 5.59. The minimum Gasteiger partial charge on any atom is -0.480 e. The molecule has 2 heterocycles. The summed E-state index contributed by atoms with van der Waals surface area (Å²) in [7, 11) is 0. The molecule has 124 valence electrons. The lowest BCUT2D eigenvalue weighted by molar-refractivity contribution is -0.151. The third-order valence-electron chi connectivity index (χ3n) is 4.06. The monoisotopic (exact) mass is 329 g/mol. The molecule has 2 N–H and O–H groups in total. The number of carboxylic acids is 1. The summed E-state index contributed by atoms with van der Waals surface area (Å²) in [4.78, 5) is 50.1. The van der Waals surface area contributed by atoms with Crippen LogP contribution in [0, 0.1) is 0 Å². The SMILES string of the molecule is O=C(O)C1Cc2ccccc2CN1C(=O)Cn1ccc(=O)[nH]c1=O. The van der Waals surface area contributed by atoms with Crippen LogP contribution in [0.15, 0.2) is 46.1 Å². The Bertz CT molecular complexity index is 914. The average molecular weight is 329 g/mol. The zero-order valence-corrected chi connectivity index (χ0v) is 12.6. The summed E-state index contributed by atoms with van der Waals surface area (Å²) in [5.41, 5.74) is 0.520. The molecule has 0 radical (unpaired) electrons. The lowest BCUT2D eigenvalue weighted by Gasteiger charge is -2.34. The molecule has 3 rings (SSSR count). The van der Waals surface area contributed by atoms with Crippen molar-refractivity contribution in [3.05, 3.63) is 68.5 Å². The van der Waals surface area contributed by atoms with Gasteiger partial charge in [-0.25, -0.2) is 9.59 Å². The zero-order chi connectivity index (χ0) is 17.3. The number of benzene rings is 1. The molecule has 8 nitrogen and oxygen atoms in total. The standard InChI is InChI=1S/C16H15N3O5/c20-13-5-6-18(16(24)17-13)9-14(21)19-8-11-4-2-1-3-10(11)7-12(19)15(22)23/h1-6,12H,7-9H2,(H,22,23)(H,17,20,24). The van der Waals surface area contributed by atoms with E-state index in [2.05, 4.69) is 4.98 Å². The van der Waals surface area contributed by atoms with Gasteiger partial charge in [0.25, 0.3) is 5.56 Å². The fourth-order valence-electron chi connectivity index (χ4n) is 2.81. The quantitative estimate of drug-likeness (QED) is 0.794. The summed E-state index contributed by atoms with van der Waals surface area (Å²) in [6.45, 7) is -0.161. The van der Waals surface area contributed by atoms with Crippen LogP contribution in [0.5, 0.6) is 0 Å². The number of aromatic amines is 1. The van der Waals surface area contributed by atoms with Gasteiger partial charge in [0.1, 0.15) is 12.6 Å². The molecule has 1 aliphatic heterocycles. The molecule has 1 atom stereocenters. The Kier molecular flexibility index (Phi) is 4.03. The Morgan fingerprint density at radius 3 is 2.54 bits per heavy atom. The van der Waals surface area contributed by atoms with Crippen LogP contribution in [0.3, 0.4) is 0 Å². The molecule has 1 aliphatic rings. The number of carbonyl (C=O) groups excluding carboxylic acids is 1. The Hall–Kier alpha value is -3.16. The van der Waals surface area contributed by atoms with Crippen LogP contribution in [-0.2, 0) is 29.1 Å². The maximum Gasteiger partial charge on any atom is 0.328 e. The Balaban J connectivity index is 1.88. The number of amides is 1. The van der Waals surface area contributed by atoms with Crippen molar-refractivity contribution >= 4 is 11.9 Å². The third kappa shape index (κ3) is 2.98. The molecular weight excluding hydrogens is 314 g/mol. The molecule has 0 fully saturated rings. The van der Waals surface area contributed by atoms with E-state index in [-0.39, 0.29) is 19.5 Å². The van der Waals surface area contributed by atoms with Crippen molar-refractivity contribution < 1.29 is 14.7 Å². The first kappa shape index (κ1) is 15.7. The summed E-state index contributed by atoms with van der Waals surface area (Å²) in [5.74, 6) is -1.59. The first-order valence-corrected chi connectivity index (χ1v) is 7.34. The maximum absolute atomic E-state index is 12.5. The number of fused-ring (bicyclic) bond motifs is 1. The van der Waals surface area contributed by atoms with Crippen molar-refractivity contribution in [2.24, 2.45) is 0 Å². The second-order valence-corrected chi connectivity index (χ2v) is 5.59. The summed E-state index contributed by atoms with van der Waals surface area (Å²) in [6.07, 6.45) is 1.44. The van der Waals surface area contributed by atoms with Gasteiger partial charge in [-0.05, 0) is 11.1 Å². The van der Waals surface area contributed by atoms with Gasteiger partial charge in [0.05, 0.1) is 0 Å². The Labute approximate surface area is 136 Å². The fourth-order valence-corrected chi connectivity index (χ4v) is 2.81. The summed E-state index contributed by atoms with van der Waals surface area (Å²) in [5, 5.41) is 9.43. The van der Waals surface area contributed by atoms with Crippen LogP contribution in [0.4, 0.5) is 0 Å². The van der Waals surface area contributed by atoms with Gasteiger partial charge in [-0.2, -0.15) is 0 Å². The predicted octanol–water partition coefficient (Wildman–Crippen LogP) is -0.425. The minimum absolute atomic E-state index is 0.171. The van der Waals surface area contributed by atoms with E-state index in [0.29, 0.717) is 0 Å². The number of rotatable bonds is 3. The highest BCUT2D eigenvalue weighted by molar-refractivity contribution is 5.84. The topological polar surface area (TPSA) is 112 Å². The maximum atomic E-state index is 12.5.